The molecule has 27 heavy (non-hydrogen) atoms. The maximum Gasteiger partial charge on any atom is 0.252 e. The molecule has 1 saturated heterocycles. The first-order valence-electron chi connectivity index (χ1n) is 9.04. The highest BCUT2D eigenvalue weighted by Crippen LogP contribution is 2.15. The van der Waals surface area contributed by atoms with E-state index >= 15 is 0 Å². The van der Waals surface area contributed by atoms with Crippen LogP contribution in [0.15, 0.2) is 24.8 Å². The molecule has 0 saturated carbocycles. The van der Waals surface area contributed by atoms with E-state index in [9.17, 15) is 4.79 Å². The lowest BCUT2D eigenvalue weighted by Crippen LogP contribution is -2.27. The Bertz CT molecular complexity index is 717. The second kappa shape index (κ2) is 11.0. The molecule has 0 aliphatic carbocycles. The Balaban J connectivity index is 0.00000261. The maximum atomic E-state index is 12.4. The summed E-state index contributed by atoms with van der Waals surface area (Å²) in [6.45, 7) is 3.93. The number of hydrogen-bond donors (Lipinski definition) is 2. The van der Waals surface area contributed by atoms with Gasteiger partial charge in [-0.25, -0.2) is 0 Å². The van der Waals surface area contributed by atoms with E-state index in [4.69, 9.17) is 4.74 Å². The molecule has 2 N–H and O–H groups in total. The zero-order valence-electron chi connectivity index (χ0n) is 15.6. The molecule has 1 fully saturated rings. The van der Waals surface area contributed by atoms with Gasteiger partial charge in [-0.2, -0.15) is 0 Å². The van der Waals surface area contributed by atoms with E-state index < -0.39 is 0 Å². The lowest BCUT2D eigenvalue weighted by molar-refractivity contribution is 0.0953. The zero-order valence-corrected chi connectivity index (χ0v) is 16.4. The minimum atomic E-state index is -0.105. The molecular weight excluding hydrogens is 368 g/mol. The summed E-state index contributed by atoms with van der Waals surface area (Å²) in [6, 6.07) is 1.95. The molecule has 3 rings (SSSR count). The summed E-state index contributed by atoms with van der Waals surface area (Å²) in [7, 11) is 1.66. The van der Waals surface area contributed by atoms with Gasteiger partial charge in [-0.15, -0.1) is 22.6 Å². The zero-order chi connectivity index (χ0) is 18.2. The minimum Gasteiger partial charge on any atom is -0.383 e. The molecule has 1 amide bonds. The molecule has 0 radical (unpaired) electrons. The van der Waals surface area contributed by atoms with Crippen LogP contribution < -0.4 is 10.6 Å². The molecule has 3 heterocycles. The number of carbonyl (C=O) groups is 1. The van der Waals surface area contributed by atoms with E-state index in [-0.39, 0.29) is 18.3 Å². The standard InChI is InChI=1S/C18H26N6O2.ClH/c1-26-7-6-24-13-22-23-17(24)3-5-21-18(25)16-9-15(11-20-12-16)8-14-2-4-19-10-14;/h9,11-14,19H,2-8,10H2,1H3,(H,21,25);1H. The molecule has 148 valence electrons. The van der Waals surface area contributed by atoms with Crippen molar-refractivity contribution in [3.63, 3.8) is 0 Å². The van der Waals surface area contributed by atoms with E-state index in [0.717, 1.165) is 30.9 Å². The van der Waals surface area contributed by atoms with E-state index in [1.165, 1.54) is 6.42 Å². The van der Waals surface area contributed by atoms with E-state index in [1.54, 1.807) is 19.6 Å². The SMILES string of the molecule is COCCn1cnnc1CCNC(=O)c1cncc(CC2CCNC2)c1.Cl. The van der Waals surface area contributed by atoms with Crippen molar-refractivity contribution in [3.8, 4) is 0 Å². The Hall–Kier alpha value is -2.03. The molecule has 1 aliphatic rings. The second-order valence-corrected chi connectivity index (χ2v) is 6.58. The Morgan fingerprint density at radius 3 is 3.11 bits per heavy atom. The second-order valence-electron chi connectivity index (χ2n) is 6.58. The summed E-state index contributed by atoms with van der Waals surface area (Å²) in [5.41, 5.74) is 1.72. The molecule has 0 aromatic carbocycles. The Morgan fingerprint density at radius 1 is 1.44 bits per heavy atom. The molecule has 1 atom stereocenters. The summed E-state index contributed by atoms with van der Waals surface area (Å²) in [6.07, 6.45) is 7.92. The van der Waals surface area contributed by atoms with Crippen LogP contribution in [0.1, 0.15) is 28.2 Å². The number of halogens is 1. The highest BCUT2D eigenvalue weighted by molar-refractivity contribution is 5.94. The van der Waals surface area contributed by atoms with E-state index in [0.29, 0.717) is 37.6 Å². The van der Waals surface area contributed by atoms with Crippen molar-refractivity contribution in [1.29, 1.82) is 0 Å². The molecule has 1 unspecified atom stereocenters. The van der Waals surface area contributed by atoms with Gasteiger partial charge in [0.25, 0.3) is 5.91 Å². The van der Waals surface area contributed by atoms with Gasteiger partial charge < -0.3 is 19.9 Å². The highest BCUT2D eigenvalue weighted by atomic mass is 35.5. The predicted octanol–water partition coefficient (Wildman–Crippen LogP) is 0.866. The quantitative estimate of drug-likeness (QED) is 0.655. The largest absolute Gasteiger partial charge is 0.383 e. The van der Waals surface area contributed by atoms with Crippen LogP contribution in [0.2, 0.25) is 0 Å². The van der Waals surface area contributed by atoms with Gasteiger partial charge in [-0.1, -0.05) is 0 Å². The van der Waals surface area contributed by atoms with Crippen LogP contribution in [-0.4, -0.2) is 59.0 Å². The van der Waals surface area contributed by atoms with Crippen LogP contribution in [0.4, 0.5) is 0 Å². The topological polar surface area (TPSA) is 94.0 Å². The maximum absolute atomic E-state index is 12.4. The number of carbonyl (C=O) groups excluding carboxylic acids is 1. The van der Waals surface area contributed by atoms with Crippen molar-refractivity contribution in [2.75, 3.05) is 33.4 Å². The van der Waals surface area contributed by atoms with E-state index in [1.807, 2.05) is 16.8 Å². The van der Waals surface area contributed by atoms with Gasteiger partial charge in [0.05, 0.1) is 12.2 Å². The monoisotopic (exact) mass is 394 g/mol. The molecule has 1 aliphatic heterocycles. The number of amides is 1. The van der Waals surface area contributed by atoms with Crippen LogP contribution in [0, 0.1) is 5.92 Å². The van der Waals surface area contributed by atoms with Gasteiger partial charge in [0.2, 0.25) is 0 Å². The smallest absolute Gasteiger partial charge is 0.252 e. The Morgan fingerprint density at radius 2 is 2.33 bits per heavy atom. The van der Waals surface area contributed by atoms with Crippen molar-refractivity contribution in [1.82, 2.24) is 30.4 Å². The normalized spacial score (nSPS) is 16.1. The first-order chi connectivity index (χ1) is 12.8. The molecule has 2 aromatic heterocycles. The van der Waals surface area contributed by atoms with Crippen LogP contribution in [-0.2, 0) is 24.1 Å². The number of rotatable bonds is 9. The lowest BCUT2D eigenvalue weighted by Gasteiger charge is -2.10. The summed E-state index contributed by atoms with van der Waals surface area (Å²) < 4.78 is 7.01. The Labute approximate surface area is 165 Å². The number of aromatic nitrogens is 4. The van der Waals surface area contributed by atoms with Crippen LogP contribution in [0.5, 0.6) is 0 Å². The molecule has 0 bridgehead atoms. The first kappa shape index (κ1) is 21.3. The molecule has 2 aromatic rings. The summed E-state index contributed by atoms with van der Waals surface area (Å²) in [5.74, 6) is 1.36. The average molecular weight is 395 g/mol. The van der Waals surface area contributed by atoms with Gasteiger partial charge in [-0.3, -0.25) is 9.78 Å². The molecule has 9 heteroatoms. The fourth-order valence-electron chi connectivity index (χ4n) is 3.18. The third-order valence-corrected chi connectivity index (χ3v) is 4.61. The van der Waals surface area contributed by atoms with Crippen LogP contribution >= 0.6 is 12.4 Å². The Kier molecular flexibility index (Phi) is 8.63. The van der Waals surface area contributed by atoms with E-state index in [2.05, 4.69) is 25.8 Å². The fraction of sp³-hybridized carbons (Fsp3) is 0.556. The number of pyridine rings is 1. The van der Waals surface area contributed by atoms with Crippen LogP contribution in [0.25, 0.3) is 0 Å². The average Bonchev–Trinajstić information content (AvgIpc) is 3.32. The number of nitrogens with zero attached hydrogens (tertiary/aromatic N) is 4. The van der Waals surface area contributed by atoms with Gasteiger partial charge in [0, 0.05) is 39.0 Å². The summed E-state index contributed by atoms with van der Waals surface area (Å²) in [5, 5.41) is 14.3. The van der Waals surface area contributed by atoms with Crippen molar-refractivity contribution in [2.24, 2.45) is 5.92 Å². The predicted molar refractivity (Wildman–Crippen MR) is 104 cm³/mol. The number of hydrogen-bond acceptors (Lipinski definition) is 6. The van der Waals surface area contributed by atoms with Gasteiger partial charge in [0.1, 0.15) is 12.2 Å². The highest BCUT2D eigenvalue weighted by Gasteiger charge is 2.16. The summed E-state index contributed by atoms with van der Waals surface area (Å²) in [4.78, 5) is 16.6. The van der Waals surface area contributed by atoms with Crippen molar-refractivity contribution < 1.29 is 9.53 Å². The van der Waals surface area contributed by atoms with Crippen molar-refractivity contribution in [2.45, 2.75) is 25.8 Å². The molecular formula is C18H27ClN6O2. The third kappa shape index (κ3) is 6.27. The number of nitrogens with one attached hydrogen (secondary N) is 2. The van der Waals surface area contributed by atoms with Gasteiger partial charge in [-0.05, 0) is 43.5 Å². The minimum absolute atomic E-state index is 0. The van der Waals surface area contributed by atoms with Gasteiger partial charge >= 0.3 is 0 Å². The first-order valence-corrected chi connectivity index (χ1v) is 9.04. The molecule has 0 spiro atoms. The van der Waals surface area contributed by atoms with Crippen molar-refractivity contribution in [3.05, 3.63) is 41.7 Å². The lowest BCUT2D eigenvalue weighted by atomic mass is 9.99. The third-order valence-electron chi connectivity index (χ3n) is 4.61. The van der Waals surface area contributed by atoms with Gasteiger partial charge in [0.15, 0.2) is 0 Å². The number of methoxy groups -OCH3 is 1. The fourth-order valence-corrected chi connectivity index (χ4v) is 3.18. The van der Waals surface area contributed by atoms with Crippen molar-refractivity contribution >= 4 is 18.3 Å². The van der Waals surface area contributed by atoms with Crippen LogP contribution in [0.3, 0.4) is 0 Å². The summed E-state index contributed by atoms with van der Waals surface area (Å²) >= 11 is 0. The molecule has 8 nitrogen and oxygen atoms in total. The number of ether oxygens (including phenoxy) is 1.